The van der Waals surface area contributed by atoms with Crippen molar-refractivity contribution in [2.75, 3.05) is 11.9 Å². The van der Waals surface area contributed by atoms with Crippen LogP contribution in [0.2, 0.25) is 0 Å². The number of ether oxygens (including phenoxy) is 4. The SMILES string of the molecule is CC1(C)O[C@H]2O[C@@H]3[C@@H]4Nc5ccc(F)cc5C(C)(C)[C@H]4CO[C@@H]3[C@H]2O1. The van der Waals surface area contributed by atoms with Gasteiger partial charge in [-0.05, 0) is 43.0 Å². The molecule has 3 fully saturated rings. The van der Waals surface area contributed by atoms with Crippen LogP contribution in [-0.4, -0.2) is 43.0 Å². The van der Waals surface area contributed by atoms with Crippen molar-refractivity contribution in [3.63, 3.8) is 0 Å². The summed E-state index contributed by atoms with van der Waals surface area (Å²) in [5.74, 6) is -0.684. The Bertz CT molecular complexity index is 721. The van der Waals surface area contributed by atoms with Crippen molar-refractivity contribution in [2.24, 2.45) is 5.92 Å². The van der Waals surface area contributed by atoms with E-state index in [4.69, 9.17) is 18.9 Å². The van der Waals surface area contributed by atoms with Gasteiger partial charge in [-0.2, -0.15) is 0 Å². The summed E-state index contributed by atoms with van der Waals surface area (Å²) in [6.45, 7) is 8.67. The number of benzene rings is 1. The zero-order valence-electron chi connectivity index (χ0n) is 14.9. The molecular weight excluding hydrogens is 325 g/mol. The predicted octanol–water partition coefficient (Wildman–Crippen LogP) is 2.79. The van der Waals surface area contributed by atoms with Crippen LogP contribution in [0.25, 0.3) is 0 Å². The molecule has 6 atom stereocenters. The van der Waals surface area contributed by atoms with Crippen LogP contribution in [-0.2, 0) is 24.4 Å². The fourth-order valence-electron chi connectivity index (χ4n) is 4.93. The highest BCUT2D eigenvalue weighted by molar-refractivity contribution is 5.59. The minimum absolute atomic E-state index is 0.0765. The van der Waals surface area contributed by atoms with Gasteiger partial charge < -0.3 is 24.3 Å². The van der Waals surface area contributed by atoms with Crippen LogP contribution < -0.4 is 5.32 Å². The first-order chi connectivity index (χ1) is 11.8. The van der Waals surface area contributed by atoms with Gasteiger partial charge in [0.2, 0.25) is 0 Å². The second kappa shape index (κ2) is 4.94. The molecule has 0 spiro atoms. The number of hydrogen-bond acceptors (Lipinski definition) is 5. The lowest BCUT2D eigenvalue weighted by atomic mass is 9.65. The highest BCUT2D eigenvalue weighted by Gasteiger charge is 2.62. The Labute approximate surface area is 146 Å². The first kappa shape index (κ1) is 16.0. The van der Waals surface area contributed by atoms with Gasteiger partial charge in [0.15, 0.2) is 12.1 Å². The van der Waals surface area contributed by atoms with E-state index in [1.165, 1.54) is 6.07 Å². The normalized spacial score (nSPS) is 42.8. The van der Waals surface area contributed by atoms with E-state index in [0.29, 0.717) is 6.61 Å². The van der Waals surface area contributed by atoms with Gasteiger partial charge in [0.25, 0.3) is 0 Å². The van der Waals surface area contributed by atoms with E-state index >= 15 is 0 Å². The largest absolute Gasteiger partial charge is 0.379 e. The Morgan fingerprint density at radius 1 is 1.08 bits per heavy atom. The Morgan fingerprint density at radius 3 is 2.68 bits per heavy atom. The van der Waals surface area contributed by atoms with Gasteiger partial charge in [-0.3, -0.25) is 0 Å². The molecule has 5 rings (SSSR count). The van der Waals surface area contributed by atoms with Crippen molar-refractivity contribution < 1.29 is 23.3 Å². The maximum atomic E-state index is 13.8. The van der Waals surface area contributed by atoms with Crippen molar-refractivity contribution in [1.29, 1.82) is 0 Å². The van der Waals surface area contributed by atoms with Gasteiger partial charge in [-0.25, -0.2) is 4.39 Å². The number of fused-ring (bicyclic) bond motifs is 6. The highest BCUT2D eigenvalue weighted by Crippen LogP contribution is 2.50. The van der Waals surface area contributed by atoms with E-state index in [1.54, 1.807) is 6.07 Å². The van der Waals surface area contributed by atoms with Gasteiger partial charge in [0, 0.05) is 11.6 Å². The van der Waals surface area contributed by atoms with E-state index < -0.39 is 12.1 Å². The molecule has 5 nitrogen and oxygen atoms in total. The summed E-state index contributed by atoms with van der Waals surface area (Å²) in [5.41, 5.74) is 1.74. The molecule has 1 N–H and O–H groups in total. The van der Waals surface area contributed by atoms with Gasteiger partial charge in [-0.15, -0.1) is 0 Å². The molecule has 0 radical (unpaired) electrons. The Balaban J connectivity index is 1.49. The van der Waals surface area contributed by atoms with Crippen LogP contribution in [0.15, 0.2) is 18.2 Å². The van der Waals surface area contributed by atoms with Gasteiger partial charge in [0.1, 0.15) is 24.1 Å². The summed E-state index contributed by atoms with van der Waals surface area (Å²) in [6.07, 6.45) is -0.913. The summed E-state index contributed by atoms with van der Waals surface area (Å²) in [7, 11) is 0. The first-order valence-corrected chi connectivity index (χ1v) is 8.95. The van der Waals surface area contributed by atoms with Crippen LogP contribution in [0.4, 0.5) is 10.1 Å². The van der Waals surface area contributed by atoms with E-state index in [9.17, 15) is 4.39 Å². The Hall–Kier alpha value is -1.21. The summed E-state index contributed by atoms with van der Waals surface area (Å²) >= 11 is 0. The Morgan fingerprint density at radius 2 is 1.88 bits per heavy atom. The molecule has 0 aliphatic carbocycles. The molecule has 1 aromatic rings. The van der Waals surface area contributed by atoms with Crippen molar-refractivity contribution in [3.05, 3.63) is 29.6 Å². The summed E-state index contributed by atoms with van der Waals surface area (Å²) in [5, 5.41) is 3.58. The van der Waals surface area contributed by atoms with Crippen LogP contribution in [0, 0.1) is 11.7 Å². The molecule has 0 aromatic heterocycles. The third kappa shape index (κ3) is 2.21. The zero-order chi connectivity index (χ0) is 17.6. The van der Waals surface area contributed by atoms with Gasteiger partial charge >= 0.3 is 0 Å². The average Bonchev–Trinajstić information content (AvgIpc) is 3.00. The second-order valence-corrected chi connectivity index (χ2v) is 8.56. The second-order valence-electron chi connectivity index (χ2n) is 8.56. The quantitative estimate of drug-likeness (QED) is 0.780. The van der Waals surface area contributed by atoms with Gasteiger partial charge in [-0.1, -0.05) is 13.8 Å². The smallest absolute Gasteiger partial charge is 0.190 e. The maximum Gasteiger partial charge on any atom is 0.190 e. The lowest BCUT2D eigenvalue weighted by molar-refractivity contribution is -0.232. The molecule has 0 bridgehead atoms. The number of hydrogen-bond donors (Lipinski definition) is 1. The fourth-order valence-corrected chi connectivity index (χ4v) is 4.93. The minimum atomic E-state index is -0.649. The first-order valence-electron chi connectivity index (χ1n) is 8.95. The topological polar surface area (TPSA) is 49.0 Å². The molecule has 3 saturated heterocycles. The van der Waals surface area contributed by atoms with Crippen LogP contribution in [0.5, 0.6) is 0 Å². The summed E-state index contributed by atoms with van der Waals surface area (Å²) < 4.78 is 38.1. The molecule has 6 heteroatoms. The molecule has 4 aliphatic heterocycles. The van der Waals surface area contributed by atoms with Crippen LogP contribution in [0.1, 0.15) is 33.3 Å². The third-order valence-corrected chi connectivity index (χ3v) is 6.21. The van der Waals surface area contributed by atoms with E-state index in [2.05, 4.69) is 19.2 Å². The fraction of sp³-hybridized carbons (Fsp3) is 0.684. The van der Waals surface area contributed by atoms with Crippen molar-refractivity contribution in [3.8, 4) is 0 Å². The lowest BCUT2D eigenvalue weighted by Gasteiger charge is -2.51. The predicted molar refractivity (Wildman–Crippen MR) is 88.8 cm³/mol. The van der Waals surface area contributed by atoms with Crippen molar-refractivity contribution in [1.82, 2.24) is 0 Å². The van der Waals surface area contributed by atoms with E-state index in [0.717, 1.165) is 11.3 Å². The maximum absolute atomic E-state index is 13.8. The summed E-state index contributed by atoms with van der Waals surface area (Å²) in [6, 6.07) is 5.02. The zero-order valence-corrected chi connectivity index (χ0v) is 14.9. The minimum Gasteiger partial charge on any atom is -0.379 e. The molecule has 4 aliphatic rings. The highest BCUT2D eigenvalue weighted by atomic mass is 19.1. The van der Waals surface area contributed by atoms with Crippen LogP contribution in [0.3, 0.4) is 0 Å². The third-order valence-electron chi connectivity index (χ3n) is 6.21. The lowest BCUT2D eigenvalue weighted by Crippen LogP contribution is -2.61. The number of anilines is 1. The van der Waals surface area contributed by atoms with E-state index in [1.807, 2.05) is 19.9 Å². The van der Waals surface area contributed by atoms with Gasteiger partial charge in [0.05, 0.1) is 12.6 Å². The standard InChI is InChI=1S/C19H24FNO4/c1-18(2)10-7-9(20)5-6-12(10)21-13-11(18)8-22-15-14(13)23-17-16(15)24-19(3,4)25-17/h5-7,11,13-17,21H,8H2,1-4H3/t11-,13+,14+,15-,16+,17+/m0/s1. The van der Waals surface area contributed by atoms with Crippen LogP contribution >= 0.6 is 0 Å². The average molecular weight is 349 g/mol. The molecule has 25 heavy (non-hydrogen) atoms. The number of halogens is 1. The molecular formula is C19H24FNO4. The molecule has 136 valence electrons. The Kier molecular flexibility index (Phi) is 3.16. The summed E-state index contributed by atoms with van der Waals surface area (Å²) in [4.78, 5) is 0. The monoisotopic (exact) mass is 349 g/mol. The molecule has 1 aromatic carbocycles. The number of nitrogens with one attached hydrogen (secondary N) is 1. The van der Waals surface area contributed by atoms with Crippen molar-refractivity contribution >= 4 is 5.69 Å². The van der Waals surface area contributed by atoms with E-state index in [-0.39, 0.29) is 41.5 Å². The molecule has 0 unspecified atom stereocenters. The molecule has 0 saturated carbocycles. The molecule has 0 amide bonds. The molecule has 4 heterocycles. The van der Waals surface area contributed by atoms with Crippen molar-refractivity contribution in [2.45, 2.75) is 69.5 Å². The number of rotatable bonds is 0.